The number of ether oxygens (including phenoxy) is 1. The van der Waals surface area contributed by atoms with Crippen LogP contribution in [0.1, 0.15) is 33.1 Å². The molecule has 1 aliphatic rings. The number of amides is 1. The van der Waals surface area contributed by atoms with Crippen molar-refractivity contribution in [3.8, 4) is 11.4 Å². The highest BCUT2D eigenvalue weighted by atomic mass is 32.2. The third-order valence-corrected chi connectivity index (χ3v) is 6.52. The minimum atomic E-state index is -0.143. The first-order chi connectivity index (χ1) is 15.1. The Morgan fingerprint density at radius 2 is 1.94 bits per heavy atom. The highest BCUT2D eigenvalue weighted by molar-refractivity contribution is 7.99. The number of carbonyl (C=O) groups is 1. The summed E-state index contributed by atoms with van der Waals surface area (Å²) < 4.78 is 7.12. The van der Waals surface area contributed by atoms with E-state index >= 15 is 0 Å². The van der Waals surface area contributed by atoms with Gasteiger partial charge in [-0.15, -0.1) is 0 Å². The second-order valence-corrected chi connectivity index (χ2v) is 8.64. The lowest BCUT2D eigenvalue weighted by Crippen LogP contribution is -2.43. The number of thioether (sulfide) groups is 1. The van der Waals surface area contributed by atoms with Crippen LogP contribution in [0.15, 0.2) is 58.5 Å². The van der Waals surface area contributed by atoms with Crippen LogP contribution in [0.3, 0.4) is 0 Å². The van der Waals surface area contributed by atoms with Gasteiger partial charge in [0.2, 0.25) is 5.91 Å². The third-order valence-electron chi connectivity index (χ3n) is 5.60. The molecule has 6 nitrogen and oxygen atoms in total. The van der Waals surface area contributed by atoms with Crippen LogP contribution >= 0.6 is 11.8 Å². The molecule has 0 radical (unpaired) electrons. The molecule has 0 N–H and O–H groups in total. The summed E-state index contributed by atoms with van der Waals surface area (Å²) >= 11 is 1.32. The van der Waals surface area contributed by atoms with Crippen molar-refractivity contribution < 1.29 is 9.53 Å². The topological polar surface area (TPSA) is 64.4 Å². The Bertz CT molecular complexity index is 1130. The highest BCUT2D eigenvalue weighted by Crippen LogP contribution is 2.24. The Morgan fingerprint density at radius 3 is 2.68 bits per heavy atom. The first kappa shape index (κ1) is 21.4. The first-order valence-corrected chi connectivity index (χ1v) is 11.7. The van der Waals surface area contributed by atoms with Gasteiger partial charge in [-0.1, -0.05) is 23.9 Å². The molecule has 1 aromatic heterocycles. The fraction of sp³-hybridized carbons (Fsp3) is 0.375. The molecular formula is C24H27N3O3S. The Hall–Kier alpha value is -2.80. The fourth-order valence-corrected chi connectivity index (χ4v) is 4.87. The molecule has 1 unspecified atom stereocenters. The Labute approximate surface area is 186 Å². The van der Waals surface area contributed by atoms with Crippen molar-refractivity contribution in [2.24, 2.45) is 0 Å². The largest absolute Gasteiger partial charge is 0.494 e. The van der Waals surface area contributed by atoms with Gasteiger partial charge in [0.25, 0.3) is 5.56 Å². The van der Waals surface area contributed by atoms with Crippen molar-refractivity contribution in [3.05, 3.63) is 58.9 Å². The van der Waals surface area contributed by atoms with Gasteiger partial charge in [-0.3, -0.25) is 14.2 Å². The van der Waals surface area contributed by atoms with Crippen LogP contribution in [-0.2, 0) is 4.79 Å². The molecule has 0 saturated carbocycles. The fourth-order valence-electron chi connectivity index (χ4n) is 3.97. The van der Waals surface area contributed by atoms with Crippen molar-refractivity contribution in [2.75, 3.05) is 18.9 Å². The van der Waals surface area contributed by atoms with Gasteiger partial charge in [0, 0.05) is 12.6 Å². The third kappa shape index (κ3) is 4.61. The molecule has 1 amide bonds. The zero-order valence-electron chi connectivity index (χ0n) is 17.9. The summed E-state index contributed by atoms with van der Waals surface area (Å²) in [4.78, 5) is 32.9. The number of likely N-dealkylation sites (tertiary alicyclic amines) is 1. The van der Waals surface area contributed by atoms with E-state index in [4.69, 9.17) is 9.72 Å². The average molecular weight is 438 g/mol. The van der Waals surface area contributed by atoms with Crippen molar-refractivity contribution in [2.45, 2.75) is 44.3 Å². The van der Waals surface area contributed by atoms with Gasteiger partial charge in [0.05, 0.1) is 29.0 Å². The molecule has 31 heavy (non-hydrogen) atoms. The SMILES string of the molecule is CCOc1ccc(-n2c(SCC(=O)N3CCCCC3C)nc3ccccc3c2=O)cc1. The highest BCUT2D eigenvalue weighted by Gasteiger charge is 2.24. The van der Waals surface area contributed by atoms with Crippen LogP contribution in [0.2, 0.25) is 0 Å². The van der Waals surface area contributed by atoms with Gasteiger partial charge in [-0.2, -0.15) is 0 Å². The standard InChI is InChI=1S/C24H27N3O3S/c1-3-30-19-13-11-18(12-14-19)27-23(29)20-9-4-5-10-21(20)25-24(27)31-16-22(28)26-15-7-6-8-17(26)2/h4-5,9-14,17H,3,6-8,15-16H2,1-2H3. The van der Waals surface area contributed by atoms with Gasteiger partial charge >= 0.3 is 0 Å². The lowest BCUT2D eigenvalue weighted by molar-refractivity contribution is -0.131. The summed E-state index contributed by atoms with van der Waals surface area (Å²) in [6, 6.07) is 15.0. The number of carbonyl (C=O) groups excluding carboxylic acids is 1. The first-order valence-electron chi connectivity index (χ1n) is 10.8. The molecule has 4 rings (SSSR count). The molecule has 1 aliphatic heterocycles. The van der Waals surface area contributed by atoms with Crippen LogP contribution in [0, 0.1) is 0 Å². The number of piperidine rings is 1. The number of rotatable bonds is 6. The molecular weight excluding hydrogens is 410 g/mol. The number of benzene rings is 2. The van der Waals surface area contributed by atoms with Gasteiger partial charge < -0.3 is 9.64 Å². The van der Waals surface area contributed by atoms with E-state index in [1.54, 1.807) is 10.6 Å². The number of hydrogen-bond donors (Lipinski definition) is 0. The van der Waals surface area contributed by atoms with Gasteiger partial charge in [0.15, 0.2) is 5.16 Å². The van der Waals surface area contributed by atoms with Gasteiger partial charge in [-0.05, 0) is 69.5 Å². The molecule has 0 spiro atoms. The summed E-state index contributed by atoms with van der Waals surface area (Å²) in [5, 5.41) is 1.07. The number of nitrogens with zero attached hydrogens (tertiary/aromatic N) is 3. The van der Waals surface area contributed by atoms with Crippen molar-refractivity contribution in [1.82, 2.24) is 14.5 Å². The molecule has 1 atom stereocenters. The maximum Gasteiger partial charge on any atom is 0.266 e. The van der Waals surface area contributed by atoms with Crippen molar-refractivity contribution in [1.29, 1.82) is 0 Å². The smallest absolute Gasteiger partial charge is 0.266 e. The summed E-state index contributed by atoms with van der Waals surface area (Å²) in [7, 11) is 0. The van der Waals surface area contributed by atoms with E-state index < -0.39 is 0 Å². The molecule has 3 aromatic rings. The number of aromatic nitrogens is 2. The molecule has 7 heteroatoms. The van der Waals surface area contributed by atoms with Gasteiger partial charge in [-0.25, -0.2) is 4.98 Å². The van der Waals surface area contributed by atoms with Gasteiger partial charge in [0.1, 0.15) is 5.75 Å². The van der Waals surface area contributed by atoms with Crippen LogP contribution in [0.5, 0.6) is 5.75 Å². The molecule has 2 heterocycles. The number of hydrogen-bond acceptors (Lipinski definition) is 5. The minimum Gasteiger partial charge on any atom is -0.494 e. The van der Waals surface area contributed by atoms with Crippen LogP contribution in [0.25, 0.3) is 16.6 Å². The lowest BCUT2D eigenvalue weighted by atomic mass is 10.0. The van der Waals surface area contributed by atoms with Crippen molar-refractivity contribution in [3.63, 3.8) is 0 Å². The van der Waals surface area contributed by atoms with Crippen molar-refractivity contribution >= 4 is 28.6 Å². The summed E-state index contributed by atoms with van der Waals surface area (Å²) in [5.74, 6) is 1.10. The molecule has 2 aromatic carbocycles. The van der Waals surface area contributed by atoms with E-state index in [1.165, 1.54) is 18.2 Å². The maximum absolute atomic E-state index is 13.3. The van der Waals surface area contributed by atoms with E-state index in [0.717, 1.165) is 25.1 Å². The summed E-state index contributed by atoms with van der Waals surface area (Å²) in [6.07, 6.45) is 3.26. The van der Waals surface area contributed by atoms with E-state index in [0.29, 0.717) is 28.4 Å². The Balaban J connectivity index is 1.68. The van der Waals surface area contributed by atoms with E-state index in [-0.39, 0.29) is 23.3 Å². The zero-order valence-corrected chi connectivity index (χ0v) is 18.7. The quantitative estimate of drug-likeness (QED) is 0.425. The Morgan fingerprint density at radius 1 is 1.16 bits per heavy atom. The maximum atomic E-state index is 13.3. The van der Waals surface area contributed by atoms with Crippen LogP contribution < -0.4 is 10.3 Å². The monoisotopic (exact) mass is 437 g/mol. The average Bonchev–Trinajstić information content (AvgIpc) is 2.79. The molecule has 0 aliphatic carbocycles. The minimum absolute atomic E-state index is 0.0952. The predicted molar refractivity (Wildman–Crippen MR) is 124 cm³/mol. The molecule has 0 bridgehead atoms. The second kappa shape index (κ2) is 9.56. The summed E-state index contributed by atoms with van der Waals surface area (Å²) in [6.45, 7) is 5.42. The number of fused-ring (bicyclic) bond motifs is 1. The van der Waals surface area contributed by atoms with E-state index in [9.17, 15) is 9.59 Å². The van der Waals surface area contributed by atoms with E-state index in [1.807, 2.05) is 54.3 Å². The zero-order chi connectivity index (χ0) is 21.8. The summed E-state index contributed by atoms with van der Waals surface area (Å²) in [5.41, 5.74) is 1.19. The van der Waals surface area contributed by atoms with Crippen LogP contribution in [0.4, 0.5) is 0 Å². The van der Waals surface area contributed by atoms with Crippen LogP contribution in [-0.4, -0.2) is 45.3 Å². The van der Waals surface area contributed by atoms with E-state index in [2.05, 4.69) is 6.92 Å². The molecule has 1 saturated heterocycles. The Kier molecular flexibility index (Phi) is 6.61. The number of para-hydroxylation sites is 1. The lowest BCUT2D eigenvalue weighted by Gasteiger charge is -2.33. The molecule has 1 fully saturated rings. The second-order valence-electron chi connectivity index (χ2n) is 7.70. The predicted octanol–water partition coefficient (Wildman–Crippen LogP) is 4.28. The molecule has 162 valence electrons. The normalized spacial score (nSPS) is 16.5.